The topological polar surface area (TPSA) is 17.8 Å². The zero-order chi connectivity index (χ0) is 26.5. The van der Waals surface area contributed by atoms with Crippen molar-refractivity contribution >= 4 is 54.9 Å². The summed E-state index contributed by atoms with van der Waals surface area (Å²) in [6.07, 6.45) is 12.3. The summed E-state index contributed by atoms with van der Waals surface area (Å²) in [4.78, 5) is 6.81. The van der Waals surface area contributed by atoms with E-state index in [2.05, 4.69) is 135 Å². The second kappa shape index (κ2) is 9.52. The lowest BCUT2D eigenvalue weighted by molar-refractivity contribution is 0.728. The van der Waals surface area contributed by atoms with Crippen LogP contribution >= 0.6 is 11.3 Å². The molecule has 0 radical (unpaired) electrons. The normalized spacial score (nSPS) is 15.7. The second-order valence-corrected chi connectivity index (χ2v) is 11.5. The Labute approximate surface area is 233 Å². The van der Waals surface area contributed by atoms with E-state index < -0.39 is 0 Å². The molecule has 3 aromatic heterocycles. The van der Waals surface area contributed by atoms with Crippen LogP contribution in [0.5, 0.6) is 0 Å². The number of rotatable bonds is 4. The molecule has 190 valence electrons. The summed E-state index contributed by atoms with van der Waals surface area (Å²) in [7, 11) is 0. The molecule has 0 saturated heterocycles. The van der Waals surface area contributed by atoms with Crippen LogP contribution in [0.3, 0.4) is 0 Å². The zero-order valence-electron chi connectivity index (χ0n) is 22.5. The molecule has 39 heavy (non-hydrogen) atoms. The van der Waals surface area contributed by atoms with Gasteiger partial charge >= 0.3 is 0 Å². The molecule has 3 heteroatoms. The first-order valence-corrected chi connectivity index (χ1v) is 14.5. The Balaban J connectivity index is 1.60. The van der Waals surface area contributed by atoms with Gasteiger partial charge in [0, 0.05) is 26.6 Å². The standard InChI is InChI=1S/C36H30N2S/c1-4-11-24(5-2)26-21-31(25-12-7-6-8-13-25)37-34(22-26)38-32-15-10-9-14-27(32)29-18-19-30-28-17-16-23(3)20-33(28)39-36(30)35(29)38/h4-19,21-23H,20H2,1-3H3/b11-4-,24-5+. The molecule has 0 saturated carbocycles. The number of para-hydroxylation sites is 1. The highest BCUT2D eigenvalue weighted by Crippen LogP contribution is 2.44. The number of nitrogens with zero attached hydrogens (tertiary/aromatic N) is 2. The molecule has 1 atom stereocenters. The first-order chi connectivity index (χ1) is 19.2. The summed E-state index contributed by atoms with van der Waals surface area (Å²) in [5.74, 6) is 1.52. The molecular weight excluding hydrogens is 492 g/mol. The van der Waals surface area contributed by atoms with Gasteiger partial charge in [-0.3, -0.25) is 4.57 Å². The first kappa shape index (κ1) is 23.9. The number of thiophene rings is 1. The number of fused-ring (bicyclic) bond motifs is 7. The zero-order valence-corrected chi connectivity index (χ0v) is 23.3. The van der Waals surface area contributed by atoms with Gasteiger partial charge in [-0.2, -0.15) is 0 Å². The van der Waals surface area contributed by atoms with Crippen molar-refractivity contribution < 1.29 is 0 Å². The molecule has 3 aromatic carbocycles. The fourth-order valence-electron chi connectivity index (χ4n) is 5.96. The van der Waals surface area contributed by atoms with Crippen LogP contribution in [0.25, 0.3) is 60.6 Å². The predicted octanol–water partition coefficient (Wildman–Crippen LogP) is 10.2. The Bertz CT molecular complexity index is 1960. The van der Waals surface area contributed by atoms with E-state index in [-0.39, 0.29) is 0 Å². The highest BCUT2D eigenvalue weighted by atomic mass is 32.1. The van der Waals surface area contributed by atoms with Gasteiger partial charge in [0.25, 0.3) is 0 Å². The molecule has 7 rings (SSSR count). The average molecular weight is 523 g/mol. The van der Waals surface area contributed by atoms with Gasteiger partial charge < -0.3 is 0 Å². The quantitative estimate of drug-likeness (QED) is 0.211. The van der Waals surface area contributed by atoms with E-state index in [1.165, 1.54) is 53.5 Å². The van der Waals surface area contributed by atoms with Crippen molar-refractivity contribution in [2.24, 2.45) is 5.92 Å². The summed E-state index contributed by atoms with van der Waals surface area (Å²) in [6.45, 7) is 6.48. The minimum absolute atomic E-state index is 0.574. The number of hydrogen-bond donors (Lipinski definition) is 0. The molecule has 2 nitrogen and oxygen atoms in total. The van der Waals surface area contributed by atoms with Crippen LogP contribution in [-0.2, 0) is 6.42 Å². The van der Waals surface area contributed by atoms with Gasteiger partial charge in [0.2, 0.25) is 0 Å². The van der Waals surface area contributed by atoms with Gasteiger partial charge in [-0.1, -0.05) is 98.0 Å². The Morgan fingerprint density at radius 2 is 1.72 bits per heavy atom. The third kappa shape index (κ3) is 3.88. The molecule has 0 aliphatic heterocycles. The molecule has 1 aliphatic rings. The fraction of sp³-hybridized carbons (Fsp3) is 0.139. The molecule has 0 amide bonds. The summed E-state index contributed by atoms with van der Waals surface area (Å²) >= 11 is 1.96. The van der Waals surface area contributed by atoms with E-state index in [4.69, 9.17) is 4.98 Å². The molecular formula is C36H30N2S. The number of aromatic nitrogens is 2. The van der Waals surface area contributed by atoms with E-state index in [1.54, 1.807) is 0 Å². The van der Waals surface area contributed by atoms with Crippen molar-refractivity contribution in [1.82, 2.24) is 9.55 Å². The fourth-order valence-corrected chi connectivity index (χ4v) is 7.42. The maximum absolute atomic E-state index is 5.33. The number of allylic oxidation sites excluding steroid dienone is 5. The lowest BCUT2D eigenvalue weighted by Crippen LogP contribution is -2.01. The Morgan fingerprint density at radius 3 is 2.54 bits per heavy atom. The second-order valence-electron chi connectivity index (χ2n) is 10.4. The highest BCUT2D eigenvalue weighted by molar-refractivity contribution is 7.20. The van der Waals surface area contributed by atoms with Gasteiger partial charge in [0.05, 0.1) is 21.4 Å². The number of pyridine rings is 1. The highest BCUT2D eigenvalue weighted by Gasteiger charge is 2.22. The first-order valence-electron chi connectivity index (χ1n) is 13.7. The lowest BCUT2D eigenvalue weighted by Gasteiger charge is -2.13. The summed E-state index contributed by atoms with van der Waals surface area (Å²) < 4.78 is 3.75. The van der Waals surface area contributed by atoms with Crippen LogP contribution in [0, 0.1) is 5.92 Å². The van der Waals surface area contributed by atoms with Gasteiger partial charge in [-0.05, 0) is 61.1 Å². The van der Waals surface area contributed by atoms with Gasteiger partial charge in [-0.15, -0.1) is 11.3 Å². The van der Waals surface area contributed by atoms with Crippen LogP contribution < -0.4 is 0 Å². The van der Waals surface area contributed by atoms with E-state index >= 15 is 0 Å². The summed E-state index contributed by atoms with van der Waals surface area (Å²) in [5.41, 5.74) is 8.29. The Morgan fingerprint density at radius 1 is 0.923 bits per heavy atom. The largest absolute Gasteiger partial charge is 0.292 e. The van der Waals surface area contributed by atoms with Crippen LogP contribution in [0.1, 0.15) is 36.8 Å². The number of benzene rings is 3. The van der Waals surface area contributed by atoms with Crippen molar-refractivity contribution in [3.05, 3.63) is 119 Å². The molecule has 6 aromatic rings. The minimum atomic E-state index is 0.574. The maximum atomic E-state index is 5.33. The van der Waals surface area contributed by atoms with Gasteiger partial charge in [-0.25, -0.2) is 4.98 Å². The Hall–Kier alpha value is -4.21. The van der Waals surface area contributed by atoms with Crippen molar-refractivity contribution in [3.8, 4) is 17.1 Å². The predicted molar refractivity (Wildman–Crippen MR) is 170 cm³/mol. The molecule has 1 unspecified atom stereocenters. The van der Waals surface area contributed by atoms with Crippen molar-refractivity contribution in [2.75, 3.05) is 0 Å². The van der Waals surface area contributed by atoms with Crippen LogP contribution in [0.4, 0.5) is 0 Å². The maximum Gasteiger partial charge on any atom is 0.138 e. The monoisotopic (exact) mass is 522 g/mol. The molecule has 1 aliphatic carbocycles. The Kier molecular flexibility index (Phi) is 5.82. The van der Waals surface area contributed by atoms with Crippen molar-refractivity contribution in [1.29, 1.82) is 0 Å². The van der Waals surface area contributed by atoms with Crippen LogP contribution in [-0.4, -0.2) is 9.55 Å². The smallest absolute Gasteiger partial charge is 0.138 e. The molecule has 0 fully saturated rings. The van der Waals surface area contributed by atoms with E-state index in [1.807, 2.05) is 11.3 Å². The van der Waals surface area contributed by atoms with Crippen LogP contribution in [0.15, 0.2) is 103 Å². The third-order valence-corrected chi connectivity index (χ3v) is 9.06. The summed E-state index contributed by atoms with van der Waals surface area (Å²) in [5, 5.41) is 3.89. The lowest BCUT2D eigenvalue weighted by atomic mass is 9.95. The van der Waals surface area contributed by atoms with E-state index in [0.717, 1.165) is 23.5 Å². The van der Waals surface area contributed by atoms with Crippen LogP contribution in [0.2, 0.25) is 0 Å². The SMILES string of the molecule is C/C=C\C(=C/C)c1cc(-c2ccccc2)nc(-n2c3ccccc3c3ccc4c5c(sc4c32)CC(C)C=C5)c1. The molecule has 0 bridgehead atoms. The van der Waals surface area contributed by atoms with Gasteiger partial charge in [0.15, 0.2) is 0 Å². The van der Waals surface area contributed by atoms with Crippen molar-refractivity contribution in [2.45, 2.75) is 27.2 Å². The molecule has 0 spiro atoms. The van der Waals surface area contributed by atoms with Crippen molar-refractivity contribution in [3.63, 3.8) is 0 Å². The summed E-state index contributed by atoms with van der Waals surface area (Å²) in [6, 6.07) is 28.4. The van der Waals surface area contributed by atoms with Gasteiger partial charge in [0.1, 0.15) is 5.82 Å². The third-order valence-electron chi connectivity index (χ3n) is 7.81. The van der Waals surface area contributed by atoms with E-state index in [0.29, 0.717) is 5.92 Å². The molecule has 3 heterocycles. The molecule has 0 N–H and O–H groups in total. The average Bonchev–Trinajstić information content (AvgIpc) is 3.51. The van der Waals surface area contributed by atoms with E-state index in [9.17, 15) is 0 Å². The number of hydrogen-bond acceptors (Lipinski definition) is 2. The minimum Gasteiger partial charge on any atom is -0.292 e.